The van der Waals surface area contributed by atoms with Crippen LogP contribution in [-0.2, 0) is 11.2 Å². The molecule has 17 heavy (non-hydrogen) atoms. The minimum absolute atomic E-state index is 0.626. The van der Waals surface area contributed by atoms with Crippen LogP contribution in [0, 0.1) is 0 Å². The van der Waals surface area contributed by atoms with Crippen LogP contribution in [0.3, 0.4) is 0 Å². The van der Waals surface area contributed by atoms with Gasteiger partial charge in [0.2, 0.25) is 0 Å². The Morgan fingerprint density at radius 3 is 2.94 bits per heavy atom. The first-order valence-electron chi connectivity index (χ1n) is 5.64. The number of hydrogen-bond donors (Lipinski definition) is 1. The maximum atomic E-state index is 11.2. The van der Waals surface area contributed by atoms with E-state index in [0.29, 0.717) is 0 Å². The van der Waals surface area contributed by atoms with Gasteiger partial charge in [0, 0.05) is 6.20 Å². The highest BCUT2D eigenvalue weighted by molar-refractivity contribution is 5.75. The molecule has 0 aliphatic heterocycles. The second kappa shape index (κ2) is 4.67. The predicted octanol–water partition coefficient (Wildman–Crippen LogP) is 1.73. The van der Waals surface area contributed by atoms with E-state index >= 15 is 0 Å². The molecule has 1 N–H and O–H groups in total. The number of rotatable bonds is 3. The summed E-state index contributed by atoms with van der Waals surface area (Å²) >= 11 is 0. The molecule has 1 unspecified atom stereocenters. The maximum Gasteiger partial charge on any atom is 0.325 e. The molecule has 0 radical (unpaired) electrons. The van der Waals surface area contributed by atoms with Crippen molar-refractivity contribution < 1.29 is 9.90 Å². The van der Waals surface area contributed by atoms with Crippen molar-refractivity contribution in [1.82, 2.24) is 9.88 Å². The lowest BCUT2D eigenvalue weighted by Gasteiger charge is -2.21. The highest BCUT2D eigenvalue weighted by Gasteiger charge is 2.23. The molecule has 0 saturated heterocycles. The molecule has 4 nitrogen and oxygen atoms in total. The summed E-state index contributed by atoms with van der Waals surface area (Å²) in [5.41, 5.74) is 2.84. The summed E-state index contributed by atoms with van der Waals surface area (Å²) in [6.45, 7) is 0. The molecule has 1 aliphatic rings. The maximum absolute atomic E-state index is 11.2. The van der Waals surface area contributed by atoms with Gasteiger partial charge >= 0.3 is 5.97 Å². The number of likely N-dealkylation sites (N-methyl/N-ethyl adjacent to an activating group) is 1. The smallest absolute Gasteiger partial charge is 0.325 e. The van der Waals surface area contributed by atoms with Crippen molar-refractivity contribution in [3.8, 4) is 0 Å². The van der Waals surface area contributed by atoms with Crippen LogP contribution < -0.4 is 0 Å². The van der Waals surface area contributed by atoms with Gasteiger partial charge in [-0.15, -0.1) is 0 Å². The van der Waals surface area contributed by atoms with E-state index in [1.165, 1.54) is 0 Å². The summed E-state index contributed by atoms with van der Waals surface area (Å²) in [7, 11) is 3.52. The van der Waals surface area contributed by atoms with E-state index in [2.05, 4.69) is 11.1 Å². The fraction of sp³-hybridized carbons (Fsp3) is 0.385. The van der Waals surface area contributed by atoms with E-state index in [9.17, 15) is 9.90 Å². The fourth-order valence-electron chi connectivity index (χ4n) is 2.13. The lowest BCUT2D eigenvalue weighted by atomic mass is 9.98. The quantitative estimate of drug-likeness (QED) is 0.862. The van der Waals surface area contributed by atoms with Crippen LogP contribution in [0.15, 0.2) is 18.3 Å². The molecular formula is C13H16N2O2. The Hall–Kier alpha value is -1.68. The minimum atomic E-state index is -0.844. The van der Waals surface area contributed by atoms with Crippen molar-refractivity contribution in [1.29, 1.82) is 0 Å². The Labute approximate surface area is 101 Å². The first-order chi connectivity index (χ1) is 8.09. The van der Waals surface area contributed by atoms with Gasteiger partial charge in [0.05, 0.1) is 5.69 Å². The van der Waals surface area contributed by atoms with Gasteiger partial charge in [-0.05, 0) is 50.2 Å². The minimum Gasteiger partial charge on any atom is -0.480 e. The number of carboxylic acids is 1. The average Bonchev–Trinajstić information content (AvgIpc) is 2.28. The third kappa shape index (κ3) is 2.36. The molecule has 0 spiro atoms. The number of carboxylic acid groups (broad SMARTS) is 1. The third-order valence-electron chi connectivity index (χ3n) is 2.94. The molecule has 0 bridgehead atoms. The molecule has 0 aromatic carbocycles. The number of aryl methyl sites for hydroxylation is 1. The topological polar surface area (TPSA) is 53.4 Å². The number of carbonyl (C=O) groups is 1. The molecular weight excluding hydrogens is 216 g/mol. The number of pyridine rings is 1. The van der Waals surface area contributed by atoms with Crippen LogP contribution in [0.25, 0.3) is 6.08 Å². The zero-order valence-electron chi connectivity index (χ0n) is 10.1. The molecule has 1 aromatic heterocycles. The lowest BCUT2D eigenvalue weighted by molar-refractivity contribution is -0.142. The average molecular weight is 232 g/mol. The van der Waals surface area contributed by atoms with Crippen LogP contribution in [-0.4, -0.2) is 35.1 Å². The van der Waals surface area contributed by atoms with Crippen LogP contribution in [0.1, 0.15) is 29.3 Å². The first kappa shape index (κ1) is 11.8. The van der Waals surface area contributed by atoms with Gasteiger partial charge in [0.15, 0.2) is 0 Å². The Morgan fingerprint density at radius 2 is 2.29 bits per heavy atom. The fourth-order valence-corrected chi connectivity index (χ4v) is 2.13. The number of hydrogen-bond acceptors (Lipinski definition) is 3. The number of fused-ring (bicyclic) bond motifs is 1. The zero-order chi connectivity index (χ0) is 12.4. The number of aromatic nitrogens is 1. The monoisotopic (exact) mass is 232 g/mol. The summed E-state index contributed by atoms with van der Waals surface area (Å²) in [4.78, 5) is 17.2. The summed E-state index contributed by atoms with van der Waals surface area (Å²) in [6.07, 6.45) is 7.68. The van der Waals surface area contributed by atoms with Crippen LogP contribution in [0.5, 0.6) is 0 Å². The summed E-state index contributed by atoms with van der Waals surface area (Å²) in [5, 5.41) is 9.22. The van der Waals surface area contributed by atoms with Gasteiger partial charge in [-0.25, -0.2) is 0 Å². The van der Waals surface area contributed by atoms with Gasteiger partial charge in [-0.2, -0.15) is 0 Å². The van der Waals surface area contributed by atoms with Crippen LogP contribution >= 0.6 is 0 Å². The van der Waals surface area contributed by atoms with Crippen molar-refractivity contribution in [2.24, 2.45) is 0 Å². The molecule has 1 heterocycles. The van der Waals surface area contributed by atoms with Gasteiger partial charge < -0.3 is 5.11 Å². The molecule has 1 atom stereocenters. The van der Waals surface area contributed by atoms with E-state index in [0.717, 1.165) is 29.7 Å². The molecule has 2 rings (SSSR count). The van der Waals surface area contributed by atoms with Crippen molar-refractivity contribution in [3.63, 3.8) is 0 Å². The molecule has 0 fully saturated rings. The van der Waals surface area contributed by atoms with Crippen molar-refractivity contribution >= 4 is 12.0 Å². The van der Waals surface area contributed by atoms with Gasteiger partial charge in [0.1, 0.15) is 6.04 Å². The Morgan fingerprint density at radius 1 is 1.53 bits per heavy atom. The molecule has 90 valence electrons. The molecule has 4 heteroatoms. The molecule has 1 aromatic rings. The lowest BCUT2D eigenvalue weighted by Crippen LogP contribution is -2.27. The summed E-state index contributed by atoms with van der Waals surface area (Å²) < 4.78 is 0. The van der Waals surface area contributed by atoms with Gasteiger partial charge in [-0.1, -0.05) is 6.08 Å². The molecule has 0 saturated carbocycles. The standard InChI is InChI=1S/C13H16N2O2/c1-15(2)12(13(16)17)10-7-9-5-3-4-6-11(9)14-8-10/h4,6-8,12H,3,5H2,1-2H3,(H,16,17). The number of allylic oxidation sites excluding steroid dienone is 1. The van der Waals surface area contributed by atoms with Crippen molar-refractivity contribution in [3.05, 3.63) is 35.2 Å². The van der Waals surface area contributed by atoms with E-state index < -0.39 is 12.0 Å². The Balaban J connectivity index is 2.39. The second-order valence-corrected chi connectivity index (χ2v) is 4.46. The van der Waals surface area contributed by atoms with Gasteiger partial charge in [-0.3, -0.25) is 14.7 Å². The zero-order valence-corrected chi connectivity index (χ0v) is 10.1. The van der Waals surface area contributed by atoms with Crippen LogP contribution in [0.2, 0.25) is 0 Å². The van der Waals surface area contributed by atoms with E-state index in [1.54, 1.807) is 25.2 Å². The first-order valence-corrected chi connectivity index (χ1v) is 5.64. The van der Waals surface area contributed by atoms with Crippen molar-refractivity contribution in [2.45, 2.75) is 18.9 Å². The highest BCUT2D eigenvalue weighted by atomic mass is 16.4. The summed E-state index contributed by atoms with van der Waals surface area (Å²) in [5.74, 6) is -0.844. The molecule has 1 aliphatic carbocycles. The highest BCUT2D eigenvalue weighted by Crippen LogP contribution is 2.23. The Kier molecular flexibility index (Phi) is 3.24. The normalized spacial score (nSPS) is 15.7. The molecule has 0 amide bonds. The number of nitrogens with zero attached hydrogens (tertiary/aromatic N) is 2. The second-order valence-electron chi connectivity index (χ2n) is 4.46. The van der Waals surface area contributed by atoms with E-state index in [-0.39, 0.29) is 0 Å². The van der Waals surface area contributed by atoms with E-state index in [1.807, 2.05) is 12.1 Å². The van der Waals surface area contributed by atoms with Crippen molar-refractivity contribution in [2.75, 3.05) is 14.1 Å². The van der Waals surface area contributed by atoms with Gasteiger partial charge in [0.25, 0.3) is 0 Å². The summed E-state index contributed by atoms with van der Waals surface area (Å²) in [6, 6.07) is 1.34. The van der Waals surface area contributed by atoms with E-state index in [4.69, 9.17) is 0 Å². The number of aliphatic carboxylic acids is 1. The van der Waals surface area contributed by atoms with Crippen LogP contribution in [0.4, 0.5) is 0 Å². The predicted molar refractivity (Wildman–Crippen MR) is 65.7 cm³/mol. The Bertz CT molecular complexity index is 466. The largest absolute Gasteiger partial charge is 0.480 e. The third-order valence-corrected chi connectivity index (χ3v) is 2.94. The SMILES string of the molecule is CN(C)C(C(=O)O)c1cnc2c(c1)CCC=C2.